The molecule has 1 amide bonds. The van der Waals surface area contributed by atoms with Crippen LogP contribution < -0.4 is 5.32 Å². The van der Waals surface area contributed by atoms with Gasteiger partial charge in [0.2, 0.25) is 15.9 Å². The van der Waals surface area contributed by atoms with Gasteiger partial charge in [0.15, 0.2) is 0 Å². The minimum absolute atomic E-state index is 0.122. The number of rotatable bonds is 7. The Morgan fingerprint density at radius 3 is 2.28 bits per heavy atom. The zero-order valence-electron chi connectivity index (χ0n) is 18.9. The summed E-state index contributed by atoms with van der Waals surface area (Å²) in [5.41, 5.74) is 1.87. The molecule has 8 heteroatoms. The zero-order chi connectivity index (χ0) is 23.3. The average Bonchev–Trinajstić information content (AvgIpc) is 2.99. The minimum atomic E-state index is -3.55. The summed E-state index contributed by atoms with van der Waals surface area (Å²) in [6.45, 7) is 8.04. The Morgan fingerprint density at radius 1 is 1.00 bits per heavy atom. The number of hydrogen-bond acceptors (Lipinski definition) is 4. The van der Waals surface area contributed by atoms with Crippen LogP contribution in [0.4, 0.5) is 4.39 Å². The van der Waals surface area contributed by atoms with Gasteiger partial charge >= 0.3 is 0 Å². The van der Waals surface area contributed by atoms with Crippen LogP contribution in [0, 0.1) is 18.7 Å². The number of sulfonamides is 1. The molecule has 2 aromatic carbocycles. The topological polar surface area (TPSA) is 69.7 Å². The Labute approximate surface area is 190 Å². The molecule has 0 aliphatic carbocycles. The Morgan fingerprint density at radius 2 is 1.66 bits per heavy atom. The van der Waals surface area contributed by atoms with E-state index >= 15 is 0 Å². The maximum atomic E-state index is 13.3. The highest BCUT2D eigenvalue weighted by Gasteiger charge is 2.28. The van der Waals surface area contributed by atoms with Gasteiger partial charge in [0, 0.05) is 19.6 Å². The first kappa shape index (κ1) is 24.4. The Balaban J connectivity index is 1.59. The predicted molar refractivity (Wildman–Crippen MR) is 123 cm³/mol. The van der Waals surface area contributed by atoms with E-state index in [1.165, 1.54) is 16.4 Å². The molecule has 1 atom stereocenters. The van der Waals surface area contributed by atoms with Gasteiger partial charge in [0.1, 0.15) is 5.82 Å². The number of halogens is 1. The van der Waals surface area contributed by atoms with Gasteiger partial charge in [-0.15, -0.1) is 0 Å². The van der Waals surface area contributed by atoms with Gasteiger partial charge in [-0.25, -0.2) is 12.8 Å². The largest absolute Gasteiger partial charge is 0.348 e. The SMILES string of the molecule is Cc1ccc(S(=O)(=O)N2CCCN(CC(=O)N[C@@H](c3ccc(F)cc3)C(C)C)CC2)cc1. The summed E-state index contributed by atoms with van der Waals surface area (Å²) in [6.07, 6.45) is 0.657. The molecule has 1 aliphatic rings. The fraction of sp³-hybridized carbons (Fsp3) is 0.458. The van der Waals surface area contributed by atoms with Gasteiger partial charge in [-0.2, -0.15) is 4.31 Å². The molecule has 1 fully saturated rings. The molecular weight excluding hydrogens is 429 g/mol. The quantitative estimate of drug-likeness (QED) is 0.687. The number of benzene rings is 2. The van der Waals surface area contributed by atoms with Crippen LogP contribution in [0.2, 0.25) is 0 Å². The molecule has 32 heavy (non-hydrogen) atoms. The van der Waals surface area contributed by atoms with E-state index in [2.05, 4.69) is 5.32 Å². The highest BCUT2D eigenvalue weighted by Crippen LogP contribution is 2.22. The lowest BCUT2D eigenvalue weighted by Gasteiger charge is -2.26. The van der Waals surface area contributed by atoms with Crippen molar-refractivity contribution in [1.82, 2.24) is 14.5 Å². The molecule has 174 valence electrons. The molecule has 0 unspecified atom stereocenters. The van der Waals surface area contributed by atoms with Crippen LogP contribution in [-0.2, 0) is 14.8 Å². The Kier molecular flexibility index (Phi) is 8.03. The molecular formula is C24H32FN3O3S. The third kappa shape index (κ3) is 6.15. The first-order valence-corrected chi connectivity index (χ1v) is 12.4. The molecule has 0 aromatic heterocycles. The van der Waals surface area contributed by atoms with E-state index in [1.54, 1.807) is 36.4 Å². The van der Waals surface area contributed by atoms with Gasteiger partial charge in [0.05, 0.1) is 17.5 Å². The highest BCUT2D eigenvalue weighted by molar-refractivity contribution is 7.89. The van der Waals surface area contributed by atoms with Crippen LogP contribution in [0.15, 0.2) is 53.4 Å². The number of aryl methyl sites for hydroxylation is 1. The fourth-order valence-electron chi connectivity index (χ4n) is 3.93. The van der Waals surface area contributed by atoms with E-state index < -0.39 is 10.0 Å². The van der Waals surface area contributed by atoms with E-state index in [9.17, 15) is 17.6 Å². The second-order valence-electron chi connectivity index (χ2n) is 8.69. The first-order chi connectivity index (χ1) is 15.2. The molecule has 2 aromatic rings. The fourth-order valence-corrected chi connectivity index (χ4v) is 5.40. The van der Waals surface area contributed by atoms with Crippen LogP contribution in [-0.4, -0.2) is 56.3 Å². The monoisotopic (exact) mass is 461 g/mol. The van der Waals surface area contributed by atoms with Crippen LogP contribution in [0.3, 0.4) is 0 Å². The maximum Gasteiger partial charge on any atom is 0.243 e. The van der Waals surface area contributed by atoms with Crippen LogP contribution in [0.5, 0.6) is 0 Å². The van der Waals surface area contributed by atoms with Crippen molar-refractivity contribution < 1.29 is 17.6 Å². The molecule has 0 radical (unpaired) electrons. The van der Waals surface area contributed by atoms with Gasteiger partial charge in [-0.05, 0) is 55.6 Å². The van der Waals surface area contributed by atoms with E-state index in [4.69, 9.17) is 0 Å². The van der Waals surface area contributed by atoms with E-state index in [0.29, 0.717) is 37.5 Å². The molecule has 0 bridgehead atoms. The van der Waals surface area contributed by atoms with Crippen LogP contribution in [0.1, 0.15) is 37.4 Å². The van der Waals surface area contributed by atoms with Crippen molar-refractivity contribution in [2.45, 2.75) is 38.1 Å². The van der Waals surface area contributed by atoms with Crippen molar-refractivity contribution in [2.75, 3.05) is 32.7 Å². The Hall–Kier alpha value is -2.29. The van der Waals surface area contributed by atoms with Crippen molar-refractivity contribution in [3.05, 3.63) is 65.5 Å². The molecule has 1 aliphatic heterocycles. The van der Waals surface area contributed by atoms with Crippen molar-refractivity contribution in [3.63, 3.8) is 0 Å². The van der Waals surface area contributed by atoms with Gasteiger partial charge in [-0.3, -0.25) is 9.69 Å². The molecule has 3 rings (SSSR count). The normalized spacial score (nSPS) is 17.2. The maximum absolute atomic E-state index is 13.3. The number of nitrogens with one attached hydrogen (secondary N) is 1. The highest BCUT2D eigenvalue weighted by atomic mass is 32.2. The molecule has 1 N–H and O–H groups in total. The van der Waals surface area contributed by atoms with Crippen molar-refractivity contribution >= 4 is 15.9 Å². The van der Waals surface area contributed by atoms with Crippen molar-refractivity contribution in [3.8, 4) is 0 Å². The molecule has 0 spiro atoms. The third-order valence-electron chi connectivity index (χ3n) is 5.79. The number of amides is 1. The number of carbonyl (C=O) groups is 1. The van der Waals surface area contributed by atoms with Gasteiger partial charge in [-0.1, -0.05) is 43.7 Å². The summed E-state index contributed by atoms with van der Waals surface area (Å²) in [5.74, 6) is -0.288. The predicted octanol–water partition coefficient (Wildman–Crippen LogP) is 3.34. The van der Waals surface area contributed by atoms with Gasteiger partial charge < -0.3 is 5.32 Å². The Bertz CT molecular complexity index is 1010. The van der Waals surface area contributed by atoms with E-state index in [0.717, 1.165) is 11.1 Å². The van der Waals surface area contributed by atoms with Crippen molar-refractivity contribution in [1.29, 1.82) is 0 Å². The number of carbonyl (C=O) groups excluding carboxylic acids is 1. The number of nitrogens with zero attached hydrogens (tertiary/aromatic N) is 2. The van der Waals surface area contributed by atoms with Crippen LogP contribution >= 0.6 is 0 Å². The molecule has 1 heterocycles. The summed E-state index contributed by atoms with van der Waals surface area (Å²) in [4.78, 5) is 15.0. The summed E-state index contributed by atoms with van der Waals surface area (Å²) in [5, 5.41) is 3.06. The first-order valence-electron chi connectivity index (χ1n) is 11.0. The summed E-state index contributed by atoms with van der Waals surface area (Å²) in [6, 6.07) is 12.9. The lowest BCUT2D eigenvalue weighted by Crippen LogP contribution is -2.42. The van der Waals surface area contributed by atoms with Crippen LogP contribution in [0.25, 0.3) is 0 Å². The third-order valence-corrected chi connectivity index (χ3v) is 7.70. The van der Waals surface area contributed by atoms with Gasteiger partial charge in [0.25, 0.3) is 0 Å². The van der Waals surface area contributed by atoms with E-state index in [-0.39, 0.29) is 30.2 Å². The van der Waals surface area contributed by atoms with E-state index in [1.807, 2.05) is 25.7 Å². The summed E-state index contributed by atoms with van der Waals surface area (Å²) < 4.78 is 40.7. The molecule has 0 saturated carbocycles. The second-order valence-corrected chi connectivity index (χ2v) is 10.6. The minimum Gasteiger partial charge on any atom is -0.348 e. The summed E-state index contributed by atoms with van der Waals surface area (Å²) in [7, 11) is -3.55. The standard InChI is InChI=1S/C24H32FN3O3S/c1-18(2)24(20-7-9-21(25)10-8-20)26-23(29)17-27-13-4-14-28(16-15-27)32(30,31)22-11-5-19(3)6-12-22/h5-12,18,24H,4,13-17H2,1-3H3,(H,26,29)/t24-/m1/s1. The lowest BCUT2D eigenvalue weighted by molar-refractivity contribution is -0.123. The second kappa shape index (κ2) is 10.6. The number of hydrogen-bond donors (Lipinski definition) is 1. The van der Waals surface area contributed by atoms with Crippen molar-refractivity contribution in [2.24, 2.45) is 5.92 Å². The average molecular weight is 462 g/mol. The molecule has 1 saturated heterocycles. The lowest BCUT2D eigenvalue weighted by atomic mass is 9.96. The summed E-state index contributed by atoms with van der Waals surface area (Å²) >= 11 is 0. The zero-order valence-corrected chi connectivity index (χ0v) is 19.7. The molecule has 6 nitrogen and oxygen atoms in total. The smallest absolute Gasteiger partial charge is 0.243 e.